The first-order chi connectivity index (χ1) is 11.1. The molecule has 0 spiro atoms. The van der Waals surface area contributed by atoms with Crippen molar-refractivity contribution in [1.82, 2.24) is 5.32 Å². The van der Waals surface area contributed by atoms with Crippen LogP contribution < -0.4 is 21.5 Å². The smallest absolute Gasteiger partial charge is 0.248 e. The summed E-state index contributed by atoms with van der Waals surface area (Å²) in [5, 5.41) is 3.06. The van der Waals surface area contributed by atoms with Gasteiger partial charge in [0.1, 0.15) is 5.75 Å². The molecule has 23 heavy (non-hydrogen) atoms. The molecular formula is C17H25N3O3. The number of hydrogen-bond donors (Lipinski definition) is 3. The highest BCUT2D eigenvalue weighted by Gasteiger charge is 2.25. The first kappa shape index (κ1) is 17.3. The van der Waals surface area contributed by atoms with Gasteiger partial charge < -0.3 is 21.5 Å². The summed E-state index contributed by atoms with van der Waals surface area (Å²) in [6, 6.07) is 6.81. The van der Waals surface area contributed by atoms with Crippen LogP contribution in [0, 0.1) is 5.92 Å². The standard InChI is InChI=1S/C17H25N3O3/c18-11-13-4-1-2-7-15(13)20-16(21)8-9-23-14-6-3-5-12(10-14)17(19)22/h3,5-6,10,13,15H,1-2,4,7-9,11,18H2,(H2,19,22)(H,20,21). The van der Waals surface area contributed by atoms with Crippen LogP contribution in [0.2, 0.25) is 0 Å². The molecule has 0 heterocycles. The molecule has 5 N–H and O–H groups in total. The van der Waals surface area contributed by atoms with Crippen LogP contribution in [0.3, 0.4) is 0 Å². The molecule has 1 aliphatic rings. The Kier molecular flexibility index (Phi) is 6.40. The Morgan fingerprint density at radius 1 is 1.26 bits per heavy atom. The average Bonchev–Trinajstić information content (AvgIpc) is 2.55. The van der Waals surface area contributed by atoms with Gasteiger partial charge in [-0.2, -0.15) is 0 Å². The van der Waals surface area contributed by atoms with Crippen LogP contribution in [0.4, 0.5) is 0 Å². The predicted molar refractivity (Wildman–Crippen MR) is 88.0 cm³/mol. The van der Waals surface area contributed by atoms with Crippen molar-refractivity contribution in [2.45, 2.75) is 38.1 Å². The Morgan fingerprint density at radius 3 is 2.78 bits per heavy atom. The summed E-state index contributed by atoms with van der Waals surface area (Å²) in [4.78, 5) is 23.1. The van der Waals surface area contributed by atoms with Gasteiger partial charge in [0.05, 0.1) is 13.0 Å². The summed E-state index contributed by atoms with van der Waals surface area (Å²) in [6.07, 6.45) is 4.67. The molecule has 0 bridgehead atoms. The van der Waals surface area contributed by atoms with Gasteiger partial charge in [-0.05, 0) is 43.5 Å². The first-order valence-corrected chi connectivity index (χ1v) is 8.12. The van der Waals surface area contributed by atoms with E-state index in [-0.39, 0.29) is 25.0 Å². The third-order valence-electron chi connectivity index (χ3n) is 4.27. The number of ether oxygens (including phenoxy) is 1. The Balaban J connectivity index is 1.76. The molecule has 1 fully saturated rings. The topological polar surface area (TPSA) is 107 Å². The maximum Gasteiger partial charge on any atom is 0.248 e. The second-order valence-corrected chi connectivity index (χ2v) is 5.94. The number of benzene rings is 1. The predicted octanol–water partition coefficient (Wildman–Crippen LogP) is 1.19. The molecule has 2 rings (SSSR count). The second-order valence-electron chi connectivity index (χ2n) is 5.94. The molecule has 1 aromatic carbocycles. The van der Waals surface area contributed by atoms with E-state index < -0.39 is 5.91 Å². The van der Waals surface area contributed by atoms with E-state index in [4.69, 9.17) is 16.2 Å². The van der Waals surface area contributed by atoms with Crippen LogP contribution in [0.15, 0.2) is 24.3 Å². The fourth-order valence-corrected chi connectivity index (χ4v) is 2.96. The van der Waals surface area contributed by atoms with Gasteiger partial charge in [-0.25, -0.2) is 0 Å². The molecule has 1 aliphatic carbocycles. The molecule has 0 aliphatic heterocycles. The van der Waals surface area contributed by atoms with Crippen molar-refractivity contribution in [3.63, 3.8) is 0 Å². The number of primary amides is 1. The highest BCUT2D eigenvalue weighted by molar-refractivity contribution is 5.93. The SMILES string of the molecule is NCC1CCCCC1NC(=O)CCOc1cccc(C(N)=O)c1. The zero-order valence-corrected chi connectivity index (χ0v) is 13.3. The molecule has 2 atom stereocenters. The third kappa shape index (κ3) is 5.25. The van der Waals surface area contributed by atoms with Crippen LogP contribution >= 0.6 is 0 Å². The fourth-order valence-electron chi connectivity index (χ4n) is 2.96. The number of rotatable bonds is 7. The molecule has 6 heteroatoms. The molecule has 2 unspecified atom stereocenters. The van der Waals surface area contributed by atoms with E-state index >= 15 is 0 Å². The summed E-state index contributed by atoms with van der Waals surface area (Å²) in [7, 11) is 0. The number of nitrogens with two attached hydrogens (primary N) is 2. The van der Waals surface area contributed by atoms with E-state index in [1.165, 1.54) is 6.42 Å². The summed E-state index contributed by atoms with van der Waals surface area (Å²) < 4.78 is 5.52. The first-order valence-electron chi connectivity index (χ1n) is 8.12. The minimum absolute atomic E-state index is 0.0265. The normalized spacial score (nSPS) is 20.7. The maximum atomic E-state index is 12.0. The average molecular weight is 319 g/mol. The molecule has 2 amide bonds. The Hall–Kier alpha value is -2.08. The highest BCUT2D eigenvalue weighted by Crippen LogP contribution is 2.23. The van der Waals surface area contributed by atoms with Crippen LogP contribution in [0.5, 0.6) is 5.75 Å². The Morgan fingerprint density at radius 2 is 2.04 bits per heavy atom. The van der Waals surface area contributed by atoms with Crippen molar-refractivity contribution < 1.29 is 14.3 Å². The lowest BCUT2D eigenvalue weighted by Gasteiger charge is -2.31. The maximum absolute atomic E-state index is 12.0. The minimum atomic E-state index is -0.502. The van der Waals surface area contributed by atoms with Crippen molar-refractivity contribution in [2.24, 2.45) is 17.4 Å². The van der Waals surface area contributed by atoms with Gasteiger partial charge in [-0.3, -0.25) is 9.59 Å². The van der Waals surface area contributed by atoms with Crippen molar-refractivity contribution in [3.8, 4) is 5.75 Å². The van der Waals surface area contributed by atoms with Crippen LogP contribution in [0.1, 0.15) is 42.5 Å². The lowest BCUT2D eigenvalue weighted by atomic mass is 9.84. The van der Waals surface area contributed by atoms with Gasteiger partial charge in [0.15, 0.2) is 0 Å². The lowest BCUT2D eigenvalue weighted by Crippen LogP contribution is -2.45. The van der Waals surface area contributed by atoms with Gasteiger partial charge in [0.2, 0.25) is 11.8 Å². The zero-order chi connectivity index (χ0) is 16.7. The van der Waals surface area contributed by atoms with Gasteiger partial charge >= 0.3 is 0 Å². The van der Waals surface area contributed by atoms with E-state index in [1.807, 2.05) is 0 Å². The number of amides is 2. The lowest BCUT2D eigenvalue weighted by molar-refractivity contribution is -0.122. The Bertz CT molecular complexity index is 548. The van der Waals surface area contributed by atoms with E-state index in [2.05, 4.69) is 5.32 Å². The van der Waals surface area contributed by atoms with Crippen LogP contribution in [0.25, 0.3) is 0 Å². The molecule has 1 saturated carbocycles. The van der Waals surface area contributed by atoms with Crippen molar-refractivity contribution >= 4 is 11.8 Å². The Labute approximate surface area is 136 Å². The number of nitrogens with one attached hydrogen (secondary N) is 1. The van der Waals surface area contributed by atoms with Gasteiger partial charge in [0.25, 0.3) is 0 Å². The number of carbonyl (C=O) groups excluding carboxylic acids is 2. The number of hydrogen-bond acceptors (Lipinski definition) is 4. The monoisotopic (exact) mass is 319 g/mol. The van der Waals surface area contributed by atoms with E-state index in [0.717, 1.165) is 19.3 Å². The van der Waals surface area contributed by atoms with Crippen LogP contribution in [-0.2, 0) is 4.79 Å². The van der Waals surface area contributed by atoms with E-state index in [9.17, 15) is 9.59 Å². The molecule has 126 valence electrons. The van der Waals surface area contributed by atoms with Gasteiger partial charge in [0, 0.05) is 11.6 Å². The van der Waals surface area contributed by atoms with Crippen molar-refractivity contribution in [3.05, 3.63) is 29.8 Å². The zero-order valence-electron chi connectivity index (χ0n) is 13.3. The van der Waals surface area contributed by atoms with Gasteiger partial charge in [-0.1, -0.05) is 18.9 Å². The summed E-state index contributed by atoms with van der Waals surface area (Å²) in [6.45, 7) is 0.870. The molecule has 6 nitrogen and oxygen atoms in total. The van der Waals surface area contributed by atoms with E-state index in [1.54, 1.807) is 24.3 Å². The molecule has 0 saturated heterocycles. The molecular weight excluding hydrogens is 294 g/mol. The second kappa shape index (κ2) is 8.53. The summed E-state index contributed by atoms with van der Waals surface area (Å²) in [5.74, 6) is 0.382. The van der Waals surface area contributed by atoms with Gasteiger partial charge in [-0.15, -0.1) is 0 Å². The minimum Gasteiger partial charge on any atom is -0.493 e. The summed E-state index contributed by atoms with van der Waals surface area (Å²) in [5.41, 5.74) is 11.4. The van der Waals surface area contributed by atoms with Crippen molar-refractivity contribution in [1.29, 1.82) is 0 Å². The molecule has 0 radical (unpaired) electrons. The molecule has 0 aromatic heterocycles. The number of carbonyl (C=O) groups is 2. The summed E-state index contributed by atoms with van der Waals surface area (Å²) >= 11 is 0. The van der Waals surface area contributed by atoms with Crippen LogP contribution in [-0.4, -0.2) is 31.0 Å². The quantitative estimate of drug-likeness (QED) is 0.701. The fraction of sp³-hybridized carbons (Fsp3) is 0.529. The highest BCUT2D eigenvalue weighted by atomic mass is 16.5. The van der Waals surface area contributed by atoms with E-state index in [0.29, 0.717) is 23.8 Å². The molecule has 1 aromatic rings. The largest absolute Gasteiger partial charge is 0.493 e. The third-order valence-corrected chi connectivity index (χ3v) is 4.27. The van der Waals surface area contributed by atoms with Crippen molar-refractivity contribution in [2.75, 3.05) is 13.2 Å².